The third-order valence-corrected chi connectivity index (χ3v) is 5.43. The number of aromatic nitrogens is 1. The van der Waals surface area contributed by atoms with Crippen LogP contribution in [0, 0.1) is 0 Å². The first-order valence-electron chi connectivity index (χ1n) is 8.68. The number of anilines is 1. The van der Waals surface area contributed by atoms with E-state index in [1.165, 1.54) is 22.8 Å². The van der Waals surface area contributed by atoms with Gasteiger partial charge in [0.15, 0.2) is 11.7 Å². The summed E-state index contributed by atoms with van der Waals surface area (Å²) in [6.45, 7) is 11.0. The maximum absolute atomic E-state index is 12.3. The van der Waals surface area contributed by atoms with Crippen molar-refractivity contribution in [2.75, 3.05) is 51.2 Å². The molecule has 1 aliphatic heterocycles. The number of fused-ring (bicyclic) bond motifs is 1. The Morgan fingerprint density at radius 2 is 2.00 bits per heavy atom. The van der Waals surface area contributed by atoms with Crippen LogP contribution in [-0.4, -0.2) is 56.8 Å². The Balaban J connectivity index is 1.57. The number of thiazole rings is 1. The number of carbonyl (C=O) groups is 1. The number of quaternary nitrogens is 2. The molecule has 0 spiro atoms. The predicted molar refractivity (Wildman–Crippen MR) is 96.2 cm³/mol. The molecule has 7 heteroatoms. The first-order chi connectivity index (χ1) is 11.7. The van der Waals surface area contributed by atoms with Gasteiger partial charge in [-0.3, -0.25) is 10.1 Å². The van der Waals surface area contributed by atoms with Gasteiger partial charge in [0.2, 0.25) is 0 Å². The highest BCUT2D eigenvalue weighted by atomic mass is 32.1. The summed E-state index contributed by atoms with van der Waals surface area (Å²) < 4.78 is 6.54. The molecule has 130 valence electrons. The number of nitrogens with one attached hydrogen (secondary N) is 3. The Kier molecular flexibility index (Phi) is 5.65. The van der Waals surface area contributed by atoms with Gasteiger partial charge in [0.05, 0.1) is 23.4 Å². The maximum Gasteiger partial charge on any atom is 0.281 e. The average molecular weight is 350 g/mol. The third-order valence-electron chi connectivity index (χ3n) is 4.49. The van der Waals surface area contributed by atoms with Crippen molar-refractivity contribution in [3.8, 4) is 5.75 Å². The van der Waals surface area contributed by atoms with Crippen LogP contribution < -0.4 is 19.9 Å². The molecule has 0 bridgehead atoms. The van der Waals surface area contributed by atoms with Gasteiger partial charge in [0.1, 0.15) is 31.9 Å². The minimum Gasteiger partial charge on any atom is -0.494 e. The molecule has 1 fully saturated rings. The number of piperazine rings is 1. The number of amides is 1. The number of likely N-dealkylation sites (N-methyl/N-ethyl adjacent to an activating group) is 1. The Hall–Kier alpha value is -1.70. The van der Waals surface area contributed by atoms with Gasteiger partial charge in [-0.05, 0) is 32.0 Å². The molecule has 0 atom stereocenters. The van der Waals surface area contributed by atoms with E-state index in [9.17, 15) is 4.79 Å². The van der Waals surface area contributed by atoms with Crippen molar-refractivity contribution in [2.24, 2.45) is 0 Å². The Morgan fingerprint density at radius 1 is 1.25 bits per heavy atom. The third kappa shape index (κ3) is 4.23. The van der Waals surface area contributed by atoms with Crippen LogP contribution in [0.5, 0.6) is 5.75 Å². The number of benzene rings is 1. The first-order valence-corrected chi connectivity index (χ1v) is 9.50. The van der Waals surface area contributed by atoms with E-state index in [2.05, 4.69) is 17.2 Å². The van der Waals surface area contributed by atoms with Crippen molar-refractivity contribution < 1.29 is 19.3 Å². The second-order valence-electron chi connectivity index (χ2n) is 6.16. The van der Waals surface area contributed by atoms with Crippen LogP contribution in [0.25, 0.3) is 10.2 Å². The van der Waals surface area contributed by atoms with Gasteiger partial charge in [-0.15, -0.1) is 0 Å². The summed E-state index contributed by atoms with van der Waals surface area (Å²) in [5.74, 6) is 0.890. The monoisotopic (exact) mass is 350 g/mol. The fourth-order valence-electron chi connectivity index (χ4n) is 3.09. The summed E-state index contributed by atoms with van der Waals surface area (Å²) in [6.07, 6.45) is 0. The molecule has 1 amide bonds. The van der Waals surface area contributed by atoms with Crippen molar-refractivity contribution >= 4 is 32.6 Å². The predicted octanol–water partition coefficient (Wildman–Crippen LogP) is -0.563. The minimum absolute atomic E-state index is 0.0500. The lowest BCUT2D eigenvalue weighted by atomic mass is 10.3. The molecule has 2 heterocycles. The zero-order chi connectivity index (χ0) is 16.9. The van der Waals surface area contributed by atoms with Crippen LogP contribution in [0.4, 0.5) is 5.13 Å². The van der Waals surface area contributed by atoms with Crippen molar-refractivity contribution in [2.45, 2.75) is 13.8 Å². The topological polar surface area (TPSA) is 60.1 Å². The van der Waals surface area contributed by atoms with E-state index < -0.39 is 0 Å². The summed E-state index contributed by atoms with van der Waals surface area (Å²) in [5.41, 5.74) is 0.895. The van der Waals surface area contributed by atoms with Crippen LogP contribution >= 0.6 is 11.3 Å². The number of nitrogens with zero attached hydrogens (tertiary/aromatic N) is 1. The van der Waals surface area contributed by atoms with Crippen molar-refractivity contribution in [3.05, 3.63) is 18.2 Å². The van der Waals surface area contributed by atoms with Gasteiger partial charge in [-0.25, -0.2) is 4.98 Å². The van der Waals surface area contributed by atoms with E-state index in [0.717, 1.165) is 42.1 Å². The number of rotatable bonds is 6. The minimum atomic E-state index is 0.0500. The molecule has 1 aromatic heterocycles. The smallest absolute Gasteiger partial charge is 0.281 e. The maximum atomic E-state index is 12.3. The lowest BCUT2D eigenvalue weighted by Gasteiger charge is -2.28. The standard InChI is InChI=1S/C17H24N4O2S/c1-3-20-7-9-21(10-8-20)12-16(22)19-17-18-14-6-5-13(23-4-2)11-15(14)24-17/h5-6,11H,3-4,7-10,12H2,1-2H3,(H,18,19,22)/p+2. The summed E-state index contributed by atoms with van der Waals surface area (Å²) in [6, 6.07) is 5.82. The molecule has 0 aliphatic carbocycles. The lowest BCUT2D eigenvalue weighted by molar-refractivity contribution is -1.01. The summed E-state index contributed by atoms with van der Waals surface area (Å²) >= 11 is 1.50. The molecule has 1 saturated heterocycles. The molecular formula is C17H26N4O2S+2. The molecule has 2 aromatic rings. The zero-order valence-corrected chi connectivity index (χ0v) is 15.2. The Morgan fingerprint density at radius 3 is 2.71 bits per heavy atom. The lowest BCUT2D eigenvalue weighted by Crippen LogP contribution is -3.28. The SMILES string of the molecule is CCOc1ccc2nc(NC(=O)C[NH+]3CC[NH+](CC)CC3)sc2c1. The van der Waals surface area contributed by atoms with Crippen LogP contribution in [0.1, 0.15) is 13.8 Å². The summed E-state index contributed by atoms with van der Waals surface area (Å²) in [7, 11) is 0. The van der Waals surface area contributed by atoms with E-state index in [1.807, 2.05) is 25.1 Å². The number of hydrogen-bond acceptors (Lipinski definition) is 4. The van der Waals surface area contributed by atoms with Crippen molar-refractivity contribution in [1.29, 1.82) is 0 Å². The summed E-state index contributed by atoms with van der Waals surface area (Å²) in [4.78, 5) is 19.8. The number of carbonyl (C=O) groups excluding carboxylic acids is 1. The molecular weight excluding hydrogens is 324 g/mol. The van der Waals surface area contributed by atoms with Crippen LogP contribution in [0.2, 0.25) is 0 Å². The highest BCUT2D eigenvalue weighted by Crippen LogP contribution is 2.29. The summed E-state index contributed by atoms with van der Waals surface area (Å²) in [5, 5.41) is 3.62. The van der Waals surface area contributed by atoms with E-state index in [4.69, 9.17) is 4.74 Å². The van der Waals surface area contributed by atoms with Gasteiger partial charge < -0.3 is 14.5 Å². The molecule has 0 saturated carbocycles. The van der Waals surface area contributed by atoms with Gasteiger partial charge in [0, 0.05) is 0 Å². The van der Waals surface area contributed by atoms with Crippen LogP contribution in [0.3, 0.4) is 0 Å². The number of hydrogen-bond donors (Lipinski definition) is 3. The van der Waals surface area contributed by atoms with E-state index in [-0.39, 0.29) is 5.91 Å². The fraction of sp³-hybridized carbons (Fsp3) is 0.529. The quantitative estimate of drug-likeness (QED) is 0.654. The van der Waals surface area contributed by atoms with Gasteiger partial charge in [-0.2, -0.15) is 0 Å². The van der Waals surface area contributed by atoms with Gasteiger partial charge in [0.25, 0.3) is 5.91 Å². The van der Waals surface area contributed by atoms with Crippen LogP contribution in [-0.2, 0) is 4.79 Å². The Bertz CT molecular complexity index is 695. The molecule has 0 unspecified atom stereocenters. The zero-order valence-electron chi connectivity index (χ0n) is 14.4. The van der Waals surface area contributed by atoms with E-state index in [0.29, 0.717) is 18.3 Å². The van der Waals surface area contributed by atoms with Gasteiger partial charge >= 0.3 is 0 Å². The van der Waals surface area contributed by atoms with E-state index >= 15 is 0 Å². The first kappa shape index (κ1) is 17.1. The average Bonchev–Trinajstić information content (AvgIpc) is 2.97. The Labute approximate surface area is 146 Å². The molecule has 1 aromatic carbocycles. The second kappa shape index (κ2) is 7.92. The largest absolute Gasteiger partial charge is 0.494 e. The van der Waals surface area contributed by atoms with Crippen LogP contribution in [0.15, 0.2) is 18.2 Å². The molecule has 0 radical (unpaired) electrons. The van der Waals surface area contributed by atoms with Crippen molar-refractivity contribution in [1.82, 2.24) is 4.98 Å². The molecule has 24 heavy (non-hydrogen) atoms. The molecule has 3 N–H and O–H groups in total. The molecule has 3 rings (SSSR count). The highest BCUT2D eigenvalue weighted by Gasteiger charge is 2.24. The normalized spacial score (nSPS) is 20.9. The van der Waals surface area contributed by atoms with Crippen molar-refractivity contribution in [3.63, 3.8) is 0 Å². The van der Waals surface area contributed by atoms with Gasteiger partial charge in [-0.1, -0.05) is 11.3 Å². The molecule has 1 aliphatic rings. The number of ether oxygens (including phenoxy) is 1. The highest BCUT2D eigenvalue weighted by molar-refractivity contribution is 7.22. The second-order valence-corrected chi connectivity index (χ2v) is 7.19. The molecule has 6 nitrogen and oxygen atoms in total. The fourth-order valence-corrected chi connectivity index (χ4v) is 4.00. The van der Waals surface area contributed by atoms with E-state index in [1.54, 1.807) is 4.90 Å².